The van der Waals surface area contributed by atoms with Crippen molar-refractivity contribution >= 4 is 17.3 Å². The van der Waals surface area contributed by atoms with Gasteiger partial charge in [-0.25, -0.2) is 0 Å². The molecule has 0 heterocycles. The van der Waals surface area contributed by atoms with Gasteiger partial charge in [-0.1, -0.05) is 29.8 Å². The zero-order valence-electron chi connectivity index (χ0n) is 8.02. The summed E-state index contributed by atoms with van der Waals surface area (Å²) in [6, 6.07) is 6.45. The highest BCUT2D eigenvalue weighted by Gasteiger charge is 2.02. The first-order valence-electron chi connectivity index (χ1n) is 4.43. The molecule has 0 saturated carbocycles. The summed E-state index contributed by atoms with van der Waals surface area (Å²) in [6.45, 7) is 1.35. The predicted molar refractivity (Wildman–Crippen MR) is 59.8 cm³/mol. The number of nitro benzene ring substituents is 1. The Morgan fingerprint density at radius 3 is 2.60 bits per heavy atom. The molecule has 0 spiro atoms. The molecular weight excluding hydrogens is 216 g/mol. The lowest BCUT2D eigenvalue weighted by Gasteiger charge is -2.01. The number of hydrogen-bond acceptors (Lipinski definition) is 3. The van der Waals surface area contributed by atoms with Gasteiger partial charge in [0.15, 0.2) is 0 Å². The summed E-state index contributed by atoms with van der Waals surface area (Å²) in [4.78, 5) is 9.97. The smallest absolute Gasteiger partial charge is 0.269 e. The summed E-state index contributed by atoms with van der Waals surface area (Å²) in [6.07, 6.45) is 1.78. The van der Waals surface area contributed by atoms with Gasteiger partial charge >= 0.3 is 0 Å². The van der Waals surface area contributed by atoms with Crippen LogP contribution in [-0.4, -0.2) is 11.5 Å². The maximum atomic E-state index is 10.4. The highest BCUT2D eigenvalue weighted by atomic mass is 35.5. The minimum atomic E-state index is -0.409. The number of rotatable bonds is 5. The third kappa shape index (κ3) is 4.10. The molecule has 0 amide bonds. The Morgan fingerprint density at radius 1 is 1.40 bits per heavy atom. The van der Waals surface area contributed by atoms with Crippen LogP contribution in [0.2, 0.25) is 0 Å². The average molecular weight is 227 g/mol. The summed E-state index contributed by atoms with van der Waals surface area (Å²) in [5.74, 6) is 0. The standard InChI is InChI=1S/C10H11ClN2O2/c11-6-1-7-12-8-9-2-4-10(5-3-9)13(14)15/h1-6,12H,7-8H2/b6-1+. The molecule has 0 aliphatic carbocycles. The fourth-order valence-electron chi connectivity index (χ4n) is 1.08. The summed E-state index contributed by atoms with van der Waals surface area (Å²) in [5, 5.41) is 13.5. The topological polar surface area (TPSA) is 55.2 Å². The molecule has 0 atom stereocenters. The quantitative estimate of drug-likeness (QED) is 0.477. The van der Waals surface area contributed by atoms with Crippen molar-refractivity contribution in [1.29, 1.82) is 0 Å². The molecule has 0 bridgehead atoms. The van der Waals surface area contributed by atoms with Gasteiger partial charge in [-0.15, -0.1) is 0 Å². The van der Waals surface area contributed by atoms with E-state index in [4.69, 9.17) is 11.6 Å². The largest absolute Gasteiger partial charge is 0.309 e. The van der Waals surface area contributed by atoms with Crippen LogP contribution in [0.4, 0.5) is 5.69 Å². The fraction of sp³-hybridized carbons (Fsp3) is 0.200. The van der Waals surface area contributed by atoms with Crippen molar-refractivity contribution in [3.8, 4) is 0 Å². The van der Waals surface area contributed by atoms with Crippen LogP contribution >= 0.6 is 11.6 Å². The monoisotopic (exact) mass is 226 g/mol. The van der Waals surface area contributed by atoms with Gasteiger partial charge in [0.05, 0.1) is 4.92 Å². The van der Waals surface area contributed by atoms with E-state index in [1.807, 2.05) is 0 Å². The SMILES string of the molecule is O=[N+]([O-])c1ccc(CNC/C=C/Cl)cc1. The molecule has 5 heteroatoms. The molecule has 1 aromatic carbocycles. The lowest BCUT2D eigenvalue weighted by Crippen LogP contribution is -2.12. The lowest BCUT2D eigenvalue weighted by atomic mass is 10.2. The minimum absolute atomic E-state index is 0.111. The molecule has 1 aromatic rings. The first-order chi connectivity index (χ1) is 7.24. The average Bonchev–Trinajstić information content (AvgIpc) is 2.25. The molecule has 0 aromatic heterocycles. The van der Waals surface area contributed by atoms with E-state index >= 15 is 0 Å². The van der Waals surface area contributed by atoms with Gasteiger partial charge < -0.3 is 5.32 Å². The van der Waals surface area contributed by atoms with E-state index in [-0.39, 0.29) is 5.69 Å². The molecule has 0 radical (unpaired) electrons. The number of nitrogens with one attached hydrogen (secondary N) is 1. The number of nitro groups is 1. The number of non-ortho nitro benzene ring substituents is 1. The number of nitrogens with zero attached hydrogens (tertiary/aromatic N) is 1. The maximum absolute atomic E-state index is 10.4. The molecule has 4 nitrogen and oxygen atoms in total. The second kappa shape index (κ2) is 6.16. The second-order valence-corrected chi connectivity index (χ2v) is 3.17. The van der Waals surface area contributed by atoms with Gasteiger partial charge in [0, 0.05) is 30.8 Å². The minimum Gasteiger partial charge on any atom is -0.309 e. The Kier molecular flexibility index (Phi) is 4.80. The predicted octanol–water partition coefficient (Wildman–Crippen LogP) is 2.44. The van der Waals surface area contributed by atoms with Crippen molar-refractivity contribution in [2.75, 3.05) is 6.54 Å². The zero-order valence-corrected chi connectivity index (χ0v) is 8.78. The van der Waals surface area contributed by atoms with Crippen LogP contribution in [0.1, 0.15) is 5.56 Å². The van der Waals surface area contributed by atoms with E-state index in [9.17, 15) is 10.1 Å². The van der Waals surface area contributed by atoms with Crippen LogP contribution in [0.5, 0.6) is 0 Å². The highest BCUT2D eigenvalue weighted by Crippen LogP contribution is 2.11. The van der Waals surface area contributed by atoms with E-state index in [1.54, 1.807) is 18.2 Å². The van der Waals surface area contributed by atoms with Crippen molar-refractivity contribution in [1.82, 2.24) is 5.32 Å². The van der Waals surface area contributed by atoms with Crippen LogP contribution < -0.4 is 5.32 Å². The molecule has 15 heavy (non-hydrogen) atoms. The van der Waals surface area contributed by atoms with E-state index in [1.165, 1.54) is 17.7 Å². The van der Waals surface area contributed by atoms with Gasteiger partial charge in [-0.3, -0.25) is 10.1 Å². The molecule has 0 aliphatic rings. The Morgan fingerprint density at radius 2 is 2.07 bits per heavy atom. The lowest BCUT2D eigenvalue weighted by molar-refractivity contribution is -0.384. The van der Waals surface area contributed by atoms with Crippen LogP contribution in [0, 0.1) is 10.1 Å². The molecule has 80 valence electrons. The number of benzene rings is 1. The molecule has 1 rings (SSSR count). The van der Waals surface area contributed by atoms with Gasteiger partial charge in [0.2, 0.25) is 0 Å². The van der Waals surface area contributed by atoms with Gasteiger partial charge in [0.25, 0.3) is 5.69 Å². The zero-order chi connectivity index (χ0) is 11.1. The van der Waals surface area contributed by atoms with Crippen molar-refractivity contribution in [2.24, 2.45) is 0 Å². The normalized spacial score (nSPS) is 10.7. The summed E-state index contributed by atoms with van der Waals surface area (Å²) >= 11 is 5.34. The van der Waals surface area contributed by atoms with E-state index < -0.39 is 4.92 Å². The van der Waals surface area contributed by atoms with Crippen molar-refractivity contribution in [2.45, 2.75) is 6.54 Å². The molecule has 1 N–H and O–H groups in total. The molecule has 0 unspecified atom stereocenters. The Hall–Kier alpha value is -1.39. The van der Waals surface area contributed by atoms with Gasteiger partial charge in [-0.2, -0.15) is 0 Å². The fourth-order valence-corrected chi connectivity index (χ4v) is 1.17. The van der Waals surface area contributed by atoms with E-state index in [0.29, 0.717) is 13.1 Å². The molecule has 0 fully saturated rings. The van der Waals surface area contributed by atoms with Gasteiger partial charge in [-0.05, 0) is 5.56 Å². The van der Waals surface area contributed by atoms with Crippen molar-refractivity contribution in [3.63, 3.8) is 0 Å². The molecular formula is C10H11ClN2O2. The van der Waals surface area contributed by atoms with Gasteiger partial charge in [0.1, 0.15) is 0 Å². The van der Waals surface area contributed by atoms with Crippen LogP contribution in [-0.2, 0) is 6.54 Å². The Labute approximate surface area is 92.7 Å². The van der Waals surface area contributed by atoms with Crippen molar-refractivity contribution < 1.29 is 4.92 Å². The van der Waals surface area contributed by atoms with E-state index in [0.717, 1.165) is 5.56 Å². The first kappa shape index (κ1) is 11.7. The summed E-state index contributed by atoms with van der Waals surface area (Å²) in [5.41, 5.74) is 2.56. The Balaban J connectivity index is 2.46. The Bertz CT molecular complexity index is 349. The number of halogens is 1. The van der Waals surface area contributed by atoms with Crippen molar-refractivity contribution in [3.05, 3.63) is 51.6 Å². The third-order valence-electron chi connectivity index (χ3n) is 1.83. The van der Waals surface area contributed by atoms with Crippen LogP contribution in [0.15, 0.2) is 35.9 Å². The van der Waals surface area contributed by atoms with E-state index in [2.05, 4.69) is 5.32 Å². The molecule has 0 aliphatic heterocycles. The first-order valence-corrected chi connectivity index (χ1v) is 4.87. The summed E-state index contributed by atoms with van der Waals surface area (Å²) < 4.78 is 0. The summed E-state index contributed by atoms with van der Waals surface area (Å²) in [7, 11) is 0. The third-order valence-corrected chi connectivity index (χ3v) is 2.01. The molecule has 0 saturated heterocycles. The number of hydrogen-bond donors (Lipinski definition) is 1. The van der Waals surface area contributed by atoms with Crippen LogP contribution in [0.25, 0.3) is 0 Å². The highest BCUT2D eigenvalue weighted by molar-refractivity contribution is 6.25. The van der Waals surface area contributed by atoms with Crippen LogP contribution in [0.3, 0.4) is 0 Å². The second-order valence-electron chi connectivity index (χ2n) is 2.92. The maximum Gasteiger partial charge on any atom is 0.269 e.